The number of benzene rings is 1. The first-order valence-electron chi connectivity index (χ1n) is 7.74. The highest BCUT2D eigenvalue weighted by Gasteiger charge is 2.21. The first kappa shape index (κ1) is 16.1. The molecule has 0 fully saturated rings. The number of carbonyl (C=O) groups is 1. The van der Waals surface area contributed by atoms with Gasteiger partial charge >= 0.3 is 0 Å². The Bertz CT molecular complexity index is 898. The number of aryl methyl sites for hydroxylation is 2. The van der Waals surface area contributed by atoms with E-state index in [4.69, 9.17) is 0 Å². The summed E-state index contributed by atoms with van der Waals surface area (Å²) in [7, 11) is 0. The van der Waals surface area contributed by atoms with Gasteiger partial charge in [0.2, 0.25) is 0 Å². The van der Waals surface area contributed by atoms with E-state index in [1.165, 1.54) is 6.07 Å². The second kappa shape index (κ2) is 6.39. The van der Waals surface area contributed by atoms with Gasteiger partial charge in [-0.25, -0.2) is 13.8 Å². The molecule has 6 heteroatoms. The summed E-state index contributed by atoms with van der Waals surface area (Å²) < 4.78 is 29.3. The van der Waals surface area contributed by atoms with Gasteiger partial charge in [0.05, 0.1) is 5.69 Å². The molecule has 0 saturated heterocycles. The van der Waals surface area contributed by atoms with Gasteiger partial charge in [0.1, 0.15) is 28.7 Å². The zero-order valence-corrected chi connectivity index (χ0v) is 13.4. The van der Waals surface area contributed by atoms with E-state index in [0.717, 1.165) is 24.1 Å². The topological polar surface area (TPSA) is 46.4 Å². The first-order valence-corrected chi connectivity index (χ1v) is 7.74. The zero-order valence-electron chi connectivity index (χ0n) is 13.4. The molecule has 0 saturated carbocycles. The third kappa shape index (κ3) is 2.87. The lowest BCUT2D eigenvalue weighted by Crippen LogP contribution is -2.18. The fraction of sp³-hybridized carbons (Fsp3) is 0.222. The van der Waals surface area contributed by atoms with E-state index in [0.29, 0.717) is 23.5 Å². The Morgan fingerprint density at radius 1 is 1.21 bits per heavy atom. The Labute approximate surface area is 138 Å². The van der Waals surface area contributed by atoms with Gasteiger partial charge in [-0.2, -0.15) is 0 Å². The summed E-state index contributed by atoms with van der Waals surface area (Å²) in [4.78, 5) is 17.2. The number of halogens is 2. The van der Waals surface area contributed by atoms with Crippen molar-refractivity contribution in [2.45, 2.75) is 26.7 Å². The number of hydrogen-bond acceptors (Lipinski definition) is 2. The van der Waals surface area contributed by atoms with E-state index in [1.807, 2.05) is 26.0 Å². The number of nitrogens with zero attached hydrogens (tertiary/aromatic N) is 2. The molecule has 0 radical (unpaired) electrons. The van der Waals surface area contributed by atoms with Gasteiger partial charge in [-0.3, -0.25) is 9.20 Å². The molecule has 0 atom stereocenters. The van der Waals surface area contributed by atoms with Gasteiger partial charge in [0.15, 0.2) is 0 Å². The molecule has 3 rings (SSSR count). The number of pyridine rings is 1. The Balaban J connectivity index is 2.08. The molecule has 24 heavy (non-hydrogen) atoms. The van der Waals surface area contributed by atoms with Crippen LogP contribution in [-0.4, -0.2) is 15.3 Å². The van der Waals surface area contributed by atoms with E-state index >= 15 is 0 Å². The second-order valence-electron chi connectivity index (χ2n) is 5.64. The largest absolute Gasteiger partial charge is 0.316 e. The van der Waals surface area contributed by atoms with Gasteiger partial charge < -0.3 is 5.32 Å². The van der Waals surface area contributed by atoms with Crippen LogP contribution in [0, 0.1) is 18.6 Å². The summed E-state index contributed by atoms with van der Waals surface area (Å²) in [5.74, 6) is -2.21. The van der Waals surface area contributed by atoms with E-state index < -0.39 is 23.2 Å². The van der Waals surface area contributed by atoms with Crippen molar-refractivity contribution in [1.29, 1.82) is 0 Å². The highest BCUT2D eigenvalue weighted by atomic mass is 19.1. The molecule has 4 nitrogen and oxygen atoms in total. The Morgan fingerprint density at radius 2 is 1.92 bits per heavy atom. The minimum absolute atomic E-state index is 0.304. The van der Waals surface area contributed by atoms with E-state index in [2.05, 4.69) is 10.3 Å². The maximum Gasteiger partial charge on any atom is 0.274 e. The highest BCUT2D eigenvalue weighted by Crippen LogP contribution is 2.21. The van der Waals surface area contributed by atoms with Gasteiger partial charge in [-0.1, -0.05) is 25.5 Å². The average Bonchev–Trinajstić information content (AvgIpc) is 2.88. The zero-order chi connectivity index (χ0) is 17.3. The summed E-state index contributed by atoms with van der Waals surface area (Å²) in [6.45, 7) is 3.88. The lowest BCUT2D eigenvalue weighted by Gasteiger charge is -2.09. The molecule has 1 amide bonds. The number of carbonyl (C=O) groups excluding carboxylic acids is 1. The van der Waals surface area contributed by atoms with Crippen molar-refractivity contribution in [2.75, 3.05) is 5.32 Å². The molecule has 0 aliphatic carbocycles. The summed E-state index contributed by atoms with van der Waals surface area (Å²) in [6, 6.07) is 7.17. The standard InChI is InChI=1S/C18H17F2N3O/c1-3-5-14-17(23-10-11(2)8-9-15(23)21-14)18(24)22-16-12(19)6-4-7-13(16)20/h4,6-10H,3,5H2,1-2H3,(H,22,24). The fourth-order valence-corrected chi connectivity index (χ4v) is 2.64. The van der Waals surface area contributed by atoms with Gasteiger partial charge in [-0.05, 0) is 37.1 Å². The van der Waals surface area contributed by atoms with Crippen molar-refractivity contribution in [1.82, 2.24) is 9.38 Å². The number of fused-ring (bicyclic) bond motifs is 1. The Morgan fingerprint density at radius 3 is 2.58 bits per heavy atom. The number of amides is 1. The van der Waals surface area contributed by atoms with Gasteiger partial charge in [0.25, 0.3) is 5.91 Å². The third-order valence-corrected chi connectivity index (χ3v) is 3.74. The maximum absolute atomic E-state index is 13.8. The van der Waals surface area contributed by atoms with Crippen molar-refractivity contribution in [3.8, 4) is 0 Å². The summed E-state index contributed by atoms with van der Waals surface area (Å²) in [6.07, 6.45) is 3.19. The molecule has 0 bridgehead atoms. The van der Waals surface area contributed by atoms with Crippen molar-refractivity contribution in [3.63, 3.8) is 0 Å². The minimum atomic E-state index is -0.814. The molecule has 1 N–H and O–H groups in total. The lowest BCUT2D eigenvalue weighted by atomic mass is 10.2. The molecule has 124 valence electrons. The van der Waals surface area contributed by atoms with Crippen LogP contribution >= 0.6 is 0 Å². The number of anilines is 1. The van der Waals surface area contributed by atoms with Crippen LogP contribution in [0.25, 0.3) is 5.65 Å². The average molecular weight is 329 g/mol. The fourth-order valence-electron chi connectivity index (χ4n) is 2.64. The lowest BCUT2D eigenvalue weighted by molar-refractivity contribution is 0.101. The predicted molar refractivity (Wildman–Crippen MR) is 88.2 cm³/mol. The minimum Gasteiger partial charge on any atom is -0.316 e. The number of imidazole rings is 1. The highest BCUT2D eigenvalue weighted by molar-refractivity contribution is 6.04. The van der Waals surface area contributed by atoms with Crippen LogP contribution in [0.1, 0.15) is 35.1 Å². The monoisotopic (exact) mass is 329 g/mol. The van der Waals surface area contributed by atoms with Crippen molar-refractivity contribution < 1.29 is 13.6 Å². The van der Waals surface area contributed by atoms with Crippen LogP contribution in [0.4, 0.5) is 14.5 Å². The Kier molecular flexibility index (Phi) is 4.29. The summed E-state index contributed by atoms with van der Waals surface area (Å²) in [5, 5.41) is 2.34. The SMILES string of the molecule is CCCc1nc2ccc(C)cn2c1C(=O)Nc1c(F)cccc1F. The van der Waals surface area contributed by atoms with Crippen LogP contribution in [0.3, 0.4) is 0 Å². The summed E-state index contributed by atoms with van der Waals surface area (Å²) in [5.41, 5.74) is 2.04. The number of para-hydroxylation sites is 1. The summed E-state index contributed by atoms with van der Waals surface area (Å²) >= 11 is 0. The predicted octanol–water partition coefficient (Wildman–Crippen LogP) is 4.13. The molecule has 0 unspecified atom stereocenters. The normalized spacial score (nSPS) is 11.0. The van der Waals surface area contributed by atoms with Crippen molar-refractivity contribution in [3.05, 3.63) is 65.1 Å². The van der Waals surface area contributed by atoms with Crippen molar-refractivity contribution >= 4 is 17.2 Å². The number of aromatic nitrogens is 2. The van der Waals surface area contributed by atoms with Crippen LogP contribution in [0.2, 0.25) is 0 Å². The third-order valence-electron chi connectivity index (χ3n) is 3.74. The Hall–Kier alpha value is -2.76. The number of hydrogen-bond donors (Lipinski definition) is 1. The van der Waals surface area contributed by atoms with Gasteiger partial charge in [0, 0.05) is 6.20 Å². The molecular weight excluding hydrogens is 312 g/mol. The van der Waals surface area contributed by atoms with E-state index in [1.54, 1.807) is 10.6 Å². The molecule has 0 aliphatic heterocycles. The molecule has 0 aliphatic rings. The van der Waals surface area contributed by atoms with E-state index in [9.17, 15) is 13.6 Å². The molecule has 0 spiro atoms. The first-order chi connectivity index (χ1) is 11.5. The maximum atomic E-state index is 13.8. The van der Waals surface area contributed by atoms with Crippen LogP contribution in [0.15, 0.2) is 36.5 Å². The van der Waals surface area contributed by atoms with Crippen LogP contribution in [0.5, 0.6) is 0 Å². The molecule has 1 aromatic carbocycles. The quantitative estimate of drug-likeness (QED) is 0.782. The molecule has 2 aromatic heterocycles. The van der Waals surface area contributed by atoms with Crippen molar-refractivity contribution in [2.24, 2.45) is 0 Å². The number of rotatable bonds is 4. The smallest absolute Gasteiger partial charge is 0.274 e. The second-order valence-corrected chi connectivity index (χ2v) is 5.64. The van der Waals surface area contributed by atoms with E-state index in [-0.39, 0.29) is 0 Å². The van der Waals surface area contributed by atoms with Crippen LogP contribution in [-0.2, 0) is 6.42 Å². The molecular formula is C18H17F2N3O. The molecule has 2 heterocycles. The van der Waals surface area contributed by atoms with Gasteiger partial charge in [-0.15, -0.1) is 0 Å². The number of nitrogens with one attached hydrogen (secondary N) is 1. The molecule has 3 aromatic rings. The van der Waals surface area contributed by atoms with Crippen LogP contribution < -0.4 is 5.32 Å².